The molecular formula is C16H18N2O3. The maximum absolute atomic E-state index is 11.5. The van der Waals surface area contributed by atoms with E-state index in [2.05, 4.69) is 10.3 Å². The molecule has 0 spiro atoms. The highest BCUT2D eigenvalue weighted by molar-refractivity contribution is 6.04. The lowest BCUT2D eigenvalue weighted by Crippen LogP contribution is -2.27. The Morgan fingerprint density at radius 1 is 1.33 bits per heavy atom. The minimum atomic E-state index is -0.991. The average Bonchev–Trinajstić information content (AvgIpc) is 2.94. The Morgan fingerprint density at radius 3 is 2.90 bits per heavy atom. The van der Waals surface area contributed by atoms with E-state index in [0.29, 0.717) is 5.69 Å². The topological polar surface area (TPSA) is 82.5 Å². The molecule has 1 aromatic carbocycles. The number of aliphatic hydroxyl groups is 1. The Labute approximate surface area is 122 Å². The van der Waals surface area contributed by atoms with E-state index >= 15 is 0 Å². The number of carboxylic acid groups (broad SMARTS) is 1. The Balaban J connectivity index is 2.06. The number of nitrogens with one attached hydrogen (secondary N) is 1. The molecule has 1 aliphatic rings. The molecule has 3 N–H and O–H groups in total. The zero-order valence-corrected chi connectivity index (χ0v) is 11.6. The second-order valence-corrected chi connectivity index (χ2v) is 5.49. The van der Waals surface area contributed by atoms with Gasteiger partial charge >= 0.3 is 5.97 Å². The molecule has 3 rings (SSSR count). The second-order valence-electron chi connectivity index (χ2n) is 5.49. The summed E-state index contributed by atoms with van der Waals surface area (Å²) in [6, 6.07) is 7.61. The lowest BCUT2D eigenvalue weighted by Gasteiger charge is -2.22. The molecule has 2 unspecified atom stereocenters. The van der Waals surface area contributed by atoms with E-state index in [4.69, 9.17) is 0 Å². The van der Waals surface area contributed by atoms with E-state index in [0.717, 1.165) is 30.2 Å². The fourth-order valence-electron chi connectivity index (χ4n) is 3.09. The molecule has 1 saturated carbocycles. The number of nitrogens with zero attached hydrogens (tertiary/aromatic N) is 1. The third-order valence-electron chi connectivity index (χ3n) is 4.23. The summed E-state index contributed by atoms with van der Waals surface area (Å²) in [5.41, 5.74) is 1.55. The van der Waals surface area contributed by atoms with Gasteiger partial charge in [0.25, 0.3) is 0 Å². The number of aromatic nitrogens is 1. The van der Waals surface area contributed by atoms with Gasteiger partial charge in [-0.3, -0.25) is 4.98 Å². The predicted molar refractivity (Wildman–Crippen MR) is 80.5 cm³/mol. The number of carbonyl (C=O) groups is 1. The number of para-hydroxylation sites is 1. The van der Waals surface area contributed by atoms with Crippen LogP contribution in [0.1, 0.15) is 29.6 Å². The molecule has 5 nitrogen and oxygen atoms in total. The zero-order chi connectivity index (χ0) is 14.8. The number of benzene rings is 1. The van der Waals surface area contributed by atoms with E-state index in [1.54, 1.807) is 0 Å². The van der Waals surface area contributed by atoms with Gasteiger partial charge in [-0.05, 0) is 18.9 Å². The molecule has 0 saturated heterocycles. The number of pyridine rings is 1. The van der Waals surface area contributed by atoms with Crippen molar-refractivity contribution in [1.29, 1.82) is 0 Å². The van der Waals surface area contributed by atoms with Crippen LogP contribution < -0.4 is 5.32 Å². The number of aromatic carboxylic acids is 1. The van der Waals surface area contributed by atoms with Gasteiger partial charge in [0.15, 0.2) is 0 Å². The van der Waals surface area contributed by atoms with Gasteiger partial charge in [0.2, 0.25) is 0 Å². The van der Waals surface area contributed by atoms with Gasteiger partial charge in [-0.2, -0.15) is 0 Å². The molecule has 1 heterocycles. The average molecular weight is 286 g/mol. The van der Waals surface area contributed by atoms with E-state index in [1.165, 1.54) is 6.20 Å². The first-order valence-corrected chi connectivity index (χ1v) is 7.19. The lowest BCUT2D eigenvalue weighted by molar-refractivity contribution is 0.0697. The number of aliphatic hydroxyl groups excluding tert-OH is 1. The largest absolute Gasteiger partial charge is 0.478 e. The van der Waals surface area contributed by atoms with Crippen LogP contribution in [0.4, 0.5) is 5.69 Å². The summed E-state index contributed by atoms with van der Waals surface area (Å²) < 4.78 is 0. The maximum Gasteiger partial charge on any atom is 0.339 e. The Morgan fingerprint density at radius 2 is 2.14 bits per heavy atom. The first kappa shape index (κ1) is 13.8. The van der Waals surface area contributed by atoms with E-state index in [1.807, 2.05) is 24.3 Å². The summed E-state index contributed by atoms with van der Waals surface area (Å²) >= 11 is 0. The minimum Gasteiger partial charge on any atom is -0.478 e. The highest BCUT2D eigenvalue weighted by Gasteiger charge is 2.28. The number of hydrogen-bond donors (Lipinski definition) is 3. The fourth-order valence-corrected chi connectivity index (χ4v) is 3.09. The van der Waals surface area contributed by atoms with Gasteiger partial charge < -0.3 is 15.5 Å². The standard InChI is InChI=1S/C16H18N2O3/c19-9-10-4-3-7-13(10)18-15-11-5-1-2-6-14(11)17-8-12(15)16(20)21/h1-2,5-6,8,10,13,19H,3-4,7,9H2,(H,17,18)(H,20,21). The number of anilines is 1. The van der Waals surface area contributed by atoms with Crippen molar-refractivity contribution in [3.63, 3.8) is 0 Å². The smallest absolute Gasteiger partial charge is 0.339 e. The maximum atomic E-state index is 11.5. The van der Waals surface area contributed by atoms with Crippen LogP contribution in [0.2, 0.25) is 0 Å². The van der Waals surface area contributed by atoms with E-state index in [-0.39, 0.29) is 24.1 Å². The molecule has 2 aromatic rings. The van der Waals surface area contributed by atoms with E-state index in [9.17, 15) is 15.0 Å². The molecule has 0 aliphatic heterocycles. The highest BCUT2D eigenvalue weighted by Crippen LogP contribution is 2.32. The van der Waals surface area contributed by atoms with Crippen LogP contribution in [-0.2, 0) is 0 Å². The summed E-state index contributed by atoms with van der Waals surface area (Å²) in [7, 11) is 0. The number of carboxylic acids is 1. The van der Waals surface area contributed by atoms with E-state index < -0.39 is 5.97 Å². The molecule has 21 heavy (non-hydrogen) atoms. The molecule has 1 fully saturated rings. The molecule has 0 bridgehead atoms. The normalized spacial score (nSPS) is 21.6. The van der Waals surface area contributed by atoms with Crippen molar-refractivity contribution in [2.24, 2.45) is 5.92 Å². The first-order valence-electron chi connectivity index (χ1n) is 7.19. The van der Waals surface area contributed by atoms with Gasteiger partial charge in [0.1, 0.15) is 5.56 Å². The molecular weight excluding hydrogens is 268 g/mol. The minimum absolute atomic E-state index is 0.110. The summed E-state index contributed by atoms with van der Waals surface area (Å²) in [5, 5.41) is 23.0. The monoisotopic (exact) mass is 286 g/mol. The zero-order valence-electron chi connectivity index (χ0n) is 11.6. The predicted octanol–water partition coefficient (Wildman–Crippen LogP) is 2.51. The van der Waals surface area contributed by atoms with Crippen molar-refractivity contribution in [1.82, 2.24) is 4.98 Å². The van der Waals surface area contributed by atoms with Crippen molar-refractivity contribution in [3.8, 4) is 0 Å². The van der Waals surface area contributed by atoms with Gasteiger partial charge in [-0.1, -0.05) is 24.6 Å². The lowest BCUT2D eigenvalue weighted by atomic mass is 10.0. The fraction of sp³-hybridized carbons (Fsp3) is 0.375. The van der Waals surface area contributed by atoms with Crippen LogP contribution in [0.25, 0.3) is 10.9 Å². The summed E-state index contributed by atoms with van der Waals surface area (Å²) in [5.74, 6) is -0.812. The molecule has 0 radical (unpaired) electrons. The van der Waals surface area contributed by atoms with Gasteiger partial charge in [0.05, 0.1) is 11.2 Å². The van der Waals surface area contributed by atoms with Gasteiger partial charge in [0, 0.05) is 30.1 Å². The third-order valence-corrected chi connectivity index (χ3v) is 4.23. The van der Waals surface area contributed by atoms with Crippen LogP contribution in [0.5, 0.6) is 0 Å². The second kappa shape index (κ2) is 5.69. The third kappa shape index (κ3) is 2.56. The van der Waals surface area contributed by atoms with Crippen molar-refractivity contribution >= 4 is 22.6 Å². The quantitative estimate of drug-likeness (QED) is 0.804. The van der Waals surface area contributed by atoms with Crippen molar-refractivity contribution in [2.45, 2.75) is 25.3 Å². The Hall–Kier alpha value is -2.14. The molecule has 1 aromatic heterocycles. The van der Waals surface area contributed by atoms with Gasteiger partial charge in [-0.25, -0.2) is 4.79 Å². The highest BCUT2D eigenvalue weighted by atomic mass is 16.4. The molecule has 0 amide bonds. The van der Waals surface area contributed by atoms with Crippen molar-refractivity contribution in [3.05, 3.63) is 36.0 Å². The molecule has 110 valence electrons. The molecule has 2 atom stereocenters. The SMILES string of the molecule is O=C(O)c1cnc2ccccc2c1NC1CCCC1CO. The summed E-state index contributed by atoms with van der Waals surface area (Å²) in [4.78, 5) is 15.7. The molecule has 5 heteroatoms. The number of rotatable bonds is 4. The van der Waals surface area contributed by atoms with Crippen molar-refractivity contribution in [2.75, 3.05) is 11.9 Å². The van der Waals surface area contributed by atoms with Crippen LogP contribution in [0, 0.1) is 5.92 Å². The number of fused-ring (bicyclic) bond motifs is 1. The Kier molecular flexibility index (Phi) is 3.75. The summed E-state index contributed by atoms with van der Waals surface area (Å²) in [6.45, 7) is 0.128. The number of hydrogen-bond acceptors (Lipinski definition) is 4. The van der Waals surface area contributed by atoms with Crippen molar-refractivity contribution < 1.29 is 15.0 Å². The van der Waals surface area contributed by atoms with Crippen LogP contribution >= 0.6 is 0 Å². The summed E-state index contributed by atoms with van der Waals surface area (Å²) in [6.07, 6.45) is 4.37. The van der Waals surface area contributed by atoms with Crippen LogP contribution in [0.15, 0.2) is 30.5 Å². The first-order chi connectivity index (χ1) is 10.2. The van der Waals surface area contributed by atoms with Crippen LogP contribution in [0.3, 0.4) is 0 Å². The molecule has 1 aliphatic carbocycles. The van der Waals surface area contributed by atoms with Gasteiger partial charge in [-0.15, -0.1) is 0 Å². The Bertz CT molecular complexity index is 672. The van der Waals surface area contributed by atoms with Crippen LogP contribution in [-0.4, -0.2) is 33.8 Å².